The lowest BCUT2D eigenvalue weighted by atomic mass is 9.75. The summed E-state index contributed by atoms with van der Waals surface area (Å²) in [6.45, 7) is 5.40. The second kappa shape index (κ2) is 6.20. The lowest BCUT2D eigenvalue weighted by Gasteiger charge is -2.21. The Kier molecular flexibility index (Phi) is 4.15. The first-order chi connectivity index (χ1) is 13.2. The van der Waals surface area contributed by atoms with Gasteiger partial charge in [0.1, 0.15) is 11.4 Å². The van der Waals surface area contributed by atoms with E-state index in [0.717, 1.165) is 5.69 Å². The van der Waals surface area contributed by atoms with Gasteiger partial charge in [-0.2, -0.15) is 0 Å². The van der Waals surface area contributed by atoms with E-state index < -0.39 is 28.6 Å². The second-order valence-electron chi connectivity index (χ2n) is 8.07. The Balaban J connectivity index is 1.59. The predicted octanol–water partition coefficient (Wildman–Crippen LogP) is 3.77. The summed E-state index contributed by atoms with van der Waals surface area (Å²) in [5.41, 5.74) is -1.51. The number of nitrogens with zero attached hydrogens (tertiary/aromatic N) is 1. The van der Waals surface area contributed by atoms with Gasteiger partial charge in [-0.25, -0.2) is 4.98 Å². The molecule has 2 aliphatic heterocycles. The molecule has 3 heterocycles. The molecule has 2 unspecified atom stereocenters. The molecule has 1 aromatic heterocycles. The number of carbonyl (C=O) groups excluding carboxylic acids is 2. The van der Waals surface area contributed by atoms with Crippen LogP contribution in [-0.2, 0) is 24.7 Å². The van der Waals surface area contributed by atoms with E-state index in [2.05, 4.69) is 10.3 Å². The van der Waals surface area contributed by atoms with Gasteiger partial charge in [-0.3, -0.25) is 9.59 Å². The molecule has 8 heteroatoms. The first-order valence-corrected chi connectivity index (χ1v) is 9.88. The Morgan fingerprint density at radius 3 is 2.50 bits per heavy atom. The normalized spacial score (nSPS) is 28.3. The molecule has 28 heavy (non-hydrogen) atoms. The lowest BCUT2D eigenvalue weighted by Crippen LogP contribution is -2.32. The van der Waals surface area contributed by atoms with E-state index in [9.17, 15) is 9.59 Å². The van der Waals surface area contributed by atoms with Gasteiger partial charge in [0.25, 0.3) is 0 Å². The zero-order chi connectivity index (χ0) is 20.2. The van der Waals surface area contributed by atoms with Crippen LogP contribution < -0.4 is 10.1 Å². The number of aromatic nitrogens is 1. The molecule has 0 amide bonds. The van der Waals surface area contributed by atoms with E-state index in [4.69, 9.17) is 14.2 Å². The smallest absolute Gasteiger partial charge is 0.324 e. The van der Waals surface area contributed by atoms with Gasteiger partial charge in [0.05, 0.1) is 18.5 Å². The molecule has 4 rings (SSSR count). The summed E-state index contributed by atoms with van der Waals surface area (Å²) in [5, 5.41) is 5.72. The molecule has 1 N–H and O–H groups in total. The van der Waals surface area contributed by atoms with Crippen molar-refractivity contribution in [1.29, 1.82) is 0 Å². The van der Waals surface area contributed by atoms with Crippen molar-refractivity contribution in [2.75, 3.05) is 12.4 Å². The van der Waals surface area contributed by atoms with Crippen molar-refractivity contribution in [3.8, 4) is 5.75 Å². The molecule has 0 bridgehead atoms. The Labute approximate surface area is 167 Å². The first-order valence-electron chi connectivity index (χ1n) is 9.00. The Bertz CT molecular complexity index is 956. The summed E-state index contributed by atoms with van der Waals surface area (Å²) in [4.78, 5) is 29.8. The highest BCUT2D eigenvalue weighted by Gasteiger charge is 2.67. The summed E-state index contributed by atoms with van der Waals surface area (Å²) < 4.78 is 16.5. The van der Waals surface area contributed by atoms with E-state index in [1.54, 1.807) is 27.9 Å². The van der Waals surface area contributed by atoms with E-state index in [1.165, 1.54) is 11.3 Å². The minimum atomic E-state index is -1.25. The molecule has 7 nitrogen and oxygen atoms in total. The van der Waals surface area contributed by atoms with Gasteiger partial charge in [-0.1, -0.05) is 12.1 Å². The number of thiazole rings is 1. The summed E-state index contributed by atoms with van der Waals surface area (Å²) >= 11 is 1.40. The van der Waals surface area contributed by atoms with E-state index in [-0.39, 0.29) is 6.42 Å². The van der Waals surface area contributed by atoms with Crippen LogP contribution in [-0.4, -0.2) is 29.6 Å². The molecule has 2 fully saturated rings. The van der Waals surface area contributed by atoms with Crippen LogP contribution >= 0.6 is 11.3 Å². The van der Waals surface area contributed by atoms with E-state index in [1.807, 2.05) is 29.6 Å². The number of carbonyl (C=O) groups is 2. The predicted molar refractivity (Wildman–Crippen MR) is 104 cm³/mol. The van der Waals surface area contributed by atoms with Crippen molar-refractivity contribution in [3.05, 3.63) is 35.3 Å². The number of hydrogen-bond acceptors (Lipinski definition) is 8. The Morgan fingerprint density at radius 1 is 1.11 bits per heavy atom. The van der Waals surface area contributed by atoms with Crippen LogP contribution in [0.2, 0.25) is 0 Å². The third kappa shape index (κ3) is 2.92. The quantitative estimate of drug-likeness (QED) is 0.615. The minimum absolute atomic E-state index is 0.221. The Hall–Kier alpha value is -2.61. The molecule has 0 radical (unpaired) electrons. The summed E-state index contributed by atoms with van der Waals surface area (Å²) in [6.07, 6.45) is 0.530. The topological polar surface area (TPSA) is 86.8 Å². The van der Waals surface area contributed by atoms with Crippen LogP contribution in [0.5, 0.6) is 5.75 Å². The number of ether oxygens (including phenoxy) is 3. The van der Waals surface area contributed by atoms with Crippen molar-refractivity contribution >= 4 is 34.1 Å². The van der Waals surface area contributed by atoms with Gasteiger partial charge >= 0.3 is 11.9 Å². The molecule has 0 aliphatic carbocycles. The number of benzene rings is 1. The van der Waals surface area contributed by atoms with Crippen LogP contribution in [0.4, 0.5) is 10.8 Å². The highest BCUT2D eigenvalue weighted by Crippen LogP contribution is 2.54. The SMILES string of the molecule is COc1ccccc1Nc1nc(C2(C)CC3(CC(C)(C)OC3=O)C(=O)O2)cs1. The highest BCUT2D eigenvalue weighted by atomic mass is 32.1. The average Bonchev–Trinajstić information content (AvgIpc) is 3.25. The van der Waals surface area contributed by atoms with Crippen LogP contribution in [0.25, 0.3) is 0 Å². The number of para-hydroxylation sites is 2. The molecule has 1 spiro atoms. The maximum Gasteiger partial charge on any atom is 0.324 e. The second-order valence-corrected chi connectivity index (χ2v) is 8.93. The van der Waals surface area contributed by atoms with Crippen molar-refractivity contribution in [3.63, 3.8) is 0 Å². The maximum absolute atomic E-state index is 12.7. The third-order valence-corrected chi connectivity index (χ3v) is 5.99. The van der Waals surface area contributed by atoms with Gasteiger partial charge in [0, 0.05) is 18.2 Å². The zero-order valence-electron chi connectivity index (χ0n) is 16.2. The summed E-state index contributed by atoms with van der Waals surface area (Å²) in [7, 11) is 1.61. The number of rotatable bonds is 4. The van der Waals surface area contributed by atoms with Gasteiger partial charge in [0.15, 0.2) is 16.1 Å². The van der Waals surface area contributed by atoms with Crippen LogP contribution in [0.3, 0.4) is 0 Å². The fourth-order valence-electron chi connectivity index (χ4n) is 4.04. The largest absolute Gasteiger partial charge is 0.495 e. The molecule has 0 saturated carbocycles. The van der Waals surface area contributed by atoms with Crippen LogP contribution in [0.15, 0.2) is 29.6 Å². The van der Waals surface area contributed by atoms with Crippen LogP contribution in [0, 0.1) is 5.41 Å². The Morgan fingerprint density at radius 2 is 1.82 bits per heavy atom. The van der Waals surface area contributed by atoms with Gasteiger partial charge in [0.2, 0.25) is 0 Å². The average molecular weight is 402 g/mol. The summed E-state index contributed by atoms with van der Waals surface area (Å²) in [6, 6.07) is 7.53. The van der Waals surface area contributed by atoms with Gasteiger partial charge < -0.3 is 19.5 Å². The van der Waals surface area contributed by atoms with E-state index >= 15 is 0 Å². The lowest BCUT2D eigenvalue weighted by molar-refractivity contribution is -0.161. The molecular formula is C20H22N2O5S. The maximum atomic E-state index is 12.7. The third-order valence-electron chi connectivity index (χ3n) is 5.23. The van der Waals surface area contributed by atoms with Gasteiger partial charge in [-0.05, 0) is 32.9 Å². The molecule has 2 aromatic rings. The first kappa shape index (κ1) is 18.7. The fourth-order valence-corrected chi connectivity index (χ4v) is 4.89. The molecule has 2 aliphatic rings. The molecule has 2 saturated heterocycles. The number of nitrogens with one attached hydrogen (secondary N) is 1. The fraction of sp³-hybridized carbons (Fsp3) is 0.450. The summed E-state index contributed by atoms with van der Waals surface area (Å²) in [5.74, 6) is -0.334. The highest BCUT2D eigenvalue weighted by molar-refractivity contribution is 7.13. The monoisotopic (exact) mass is 402 g/mol. The van der Waals surface area contributed by atoms with Crippen molar-refractivity contribution < 1.29 is 23.8 Å². The molecule has 1 aromatic carbocycles. The van der Waals surface area contributed by atoms with Crippen molar-refractivity contribution in [2.45, 2.75) is 44.8 Å². The van der Waals surface area contributed by atoms with Crippen molar-refractivity contribution in [2.24, 2.45) is 5.41 Å². The van der Waals surface area contributed by atoms with Gasteiger partial charge in [-0.15, -0.1) is 11.3 Å². The zero-order valence-corrected chi connectivity index (χ0v) is 17.0. The standard InChI is InChI=1S/C20H22N2O5S/c1-18(2)10-20(15(23)26-18)11-19(3,27-16(20)24)14-9-28-17(22-14)21-12-7-5-6-8-13(12)25-4/h5-9H,10-11H2,1-4H3,(H,21,22). The molecule has 2 atom stereocenters. The number of esters is 2. The number of methoxy groups -OCH3 is 1. The molecular weight excluding hydrogens is 380 g/mol. The number of hydrogen-bond donors (Lipinski definition) is 1. The van der Waals surface area contributed by atoms with Crippen LogP contribution in [0.1, 0.15) is 39.3 Å². The number of cyclic esters (lactones) is 2. The number of anilines is 2. The minimum Gasteiger partial charge on any atom is -0.495 e. The van der Waals surface area contributed by atoms with E-state index in [0.29, 0.717) is 23.0 Å². The molecule has 148 valence electrons. The van der Waals surface area contributed by atoms with Crippen molar-refractivity contribution in [1.82, 2.24) is 4.98 Å².